The van der Waals surface area contributed by atoms with Crippen LogP contribution in [0.3, 0.4) is 0 Å². The molecule has 30 heavy (non-hydrogen) atoms. The van der Waals surface area contributed by atoms with E-state index in [-0.39, 0.29) is 22.0 Å². The lowest BCUT2D eigenvalue weighted by molar-refractivity contribution is -0.0658. The molecule has 0 saturated heterocycles. The predicted octanol–water partition coefficient (Wildman–Crippen LogP) is 5.18. The summed E-state index contributed by atoms with van der Waals surface area (Å²) in [5.41, 5.74) is 5.41. The number of rotatable bonds is 2. The summed E-state index contributed by atoms with van der Waals surface area (Å²) in [5.74, 6) is -2.76. The van der Waals surface area contributed by atoms with Crippen molar-refractivity contribution in [3.05, 3.63) is 75.6 Å². The van der Waals surface area contributed by atoms with Crippen molar-refractivity contribution in [1.82, 2.24) is 0 Å². The molecule has 0 aromatic heterocycles. The quantitative estimate of drug-likeness (QED) is 0.680. The number of nitriles is 1. The molecule has 4 rings (SSSR count). The van der Waals surface area contributed by atoms with E-state index in [0.717, 1.165) is 5.01 Å². The van der Waals surface area contributed by atoms with Gasteiger partial charge >= 0.3 is 6.18 Å². The minimum absolute atomic E-state index is 0.119. The lowest BCUT2D eigenvalue weighted by Crippen LogP contribution is -2.46. The van der Waals surface area contributed by atoms with Crippen molar-refractivity contribution >= 4 is 34.6 Å². The van der Waals surface area contributed by atoms with Gasteiger partial charge < -0.3 is 10.5 Å². The van der Waals surface area contributed by atoms with Crippen molar-refractivity contribution in [2.24, 2.45) is 16.8 Å². The fourth-order valence-electron chi connectivity index (χ4n) is 3.76. The highest BCUT2D eigenvalue weighted by atomic mass is 35.5. The molecule has 2 aromatic carbocycles. The molecule has 2 aromatic rings. The van der Waals surface area contributed by atoms with Gasteiger partial charge in [-0.2, -0.15) is 23.5 Å². The van der Waals surface area contributed by atoms with Crippen LogP contribution in [-0.4, -0.2) is 18.1 Å². The summed E-state index contributed by atoms with van der Waals surface area (Å²) in [7, 11) is 0. The summed E-state index contributed by atoms with van der Waals surface area (Å²) in [6.07, 6.45) is -5.97. The maximum Gasteiger partial charge on any atom is 0.431 e. The number of allylic oxidation sites excluding steroid dienone is 1. The summed E-state index contributed by atoms with van der Waals surface area (Å²) < 4.78 is 47.6. The second-order valence-electron chi connectivity index (χ2n) is 6.73. The molecule has 0 amide bonds. The zero-order valence-electron chi connectivity index (χ0n) is 15.1. The topological polar surface area (TPSA) is 74.6 Å². The van der Waals surface area contributed by atoms with Crippen LogP contribution in [0, 0.1) is 17.2 Å². The number of hydrogen-bond acceptors (Lipinski definition) is 5. The molecule has 5 nitrogen and oxygen atoms in total. The van der Waals surface area contributed by atoms with Crippen molar-refractivity contribution < 1.29 is 17.9 Å². The van der Waals surface area contributed by atoms with Crippen LogP contribution < -0.4 is 10.7 Å². The van der Waals surface area contributed by atoms with E-state index < -0.39 is 30.0 Å². The van der Waals surface area contributed by atoms with Gasteiger partial charge in [-0.05, 0) is 29.8 Å². The fraction of sp³-hybridized carbons (Fsp3) is 0.200. The molecule has 0 fully saturated rings. The van der Waals surface area contributed by atoms with Crippen molar-refractivity contribution in [2.75, 3.05) is 5.01 Å². The number of alkyl halides is 3. The molecule has 154 valence electrons. The number of halogens is 5. The van der Waals surface area contributed by atoms with E-state index in [1.54, 1.807) is 30.3 Å². The van der Waals surface area contributed by atoms with Crippen LogP contribution in [0.15, 0.2) is 65.1 Å². The standard InChI is InChI=1S/C20H13Cl2F3N4O/c21-10-6-7-12(14(22)8-10)15-13(9-26)18(27)30-19-16(15)17(20(23,24)25)28-29(19)11-4-2-1-3-5-11/h1-8,15-16,19H,27H2/t15-,16+,19-/m1/s1. The van der Waals surface area contributed by atoms with E-state index in [4.69, 9.17) is 33.7 Å². The summed E-state index contributed by atoms with van der Waals surface area (Å²) in [5, 5.41) is 15.1. The molecule has 0 radical (unpaired) electrons. The van der Waals surface area contributed by atoms with Crippen molar-refractivity contribution in [3.8, 4) is 6.07 Å². The molecule has 0 saturated carbocycles. The van der Waals surface area contributed by atoms with E-state index in [0.29, 0.717) is 10.7 Å². The smallest absolute Gasteiger partial charge is 0.431 e. The van der Waals surface area contributed by atoms with Gasteiger partial charge in [-0.3, -0.25) is 0 Å². The highest BCUT2D eigenvalue weighted by molar-refractivity contribution is 6.35. The lowest BCUT2D eigenvalue weighted by Gasteiger charge is -2.37. The number of nitrogens with two attached hydrogens (primary N) is 1. The van der Waals surface area contributed by atoms with Gasteiger partial charge in [0.1, 0.15) is 6.07 Å². The van der Waals surface area contributed by atoms with Crippen molar-refractivity contribution in [3.63, 3.8) is 0 Å². The number of fused-ring (bicyclic) bond motifs is 1. The molecule has 2 aliphatic rings. The molecule has 2 aliphatic heterocycles. The molecule has 0 aliphatic carbocycles. The van der Waals surface area contributed by atoms with Gasteiger partial charge in [0.25, 0.3) is 0 Å². The maximum absolute atomic E-state index is 14.0. The summed E-state index contributed by atoms with van der Waals surface area (Å²) in [6.45, 7) is 0. The number of hydrogen-bond donors (Lipinski definition) is 1. The number of ether oxygens (including phenoxy) is 1. The minimum Gasteiger partial charge on any atom is -0.452 e. The van der Waals surface area contributed by atoms with Crippen molar-refractivity contribution in [1.29, 1.82) is 5.26 Å². The molecule has 2 heterocycles. The Morgan fingerprint density at radius 3 is 2.43 bits per heavy atom. The second kappa shape index (κ2) is 7.42. The van der Waals surface area contributed by atoms with Gasteiger partial charge in [0.2, 0.25) is 12.1 Å². The van der Waals surface area contributed by atoms with Crippen LogP contribution in [-0.2, 0) is 4.74 Å². The summed E-state index contributed by atoms with van der Waals surface area (Å²) in [4.78, 5) is 0. The predicted molar refractivity (Wildman–Crippen MR) is 107 cm³/mol. The number of benzene rings is 2. The maximum atomic E-state index is 14.0. The lowest BCUT2D eigenvalue weighted by atomic mass is 9.76. The Morgan fingerprint density at radius 1 is 1.13 bits per heavy atom. The normalized spacial score (nSPS) is 23.5. The molecule has 0 bridgehead atoms. The van der Waals surface area contributed by atoms with E-state index in [2.05, 4.69) is 5.10 Å². The second-order valence-corrected chi connectivity index (χ2v) is 7.57. The van der Waals surface area contributed by atoms with E-state index >= 15 is 0 Å². The monoisotopic (exact) mass is 452 g/mol. The third-order valence-electron chi connectivity index (χ3n) is 4.99. The van der Waals surface area contributed by atoms with E-state index in [9.17, 15) is 18.4 Å². The molecular formula is C20H13Cl2F3N4O. The van der Waals surface area contributed by atoms with Crippen LogP contribution in [0.1, 0.15) is 11.5 Å². The first-order chi connectivity index (χ1) is 14.2. The van der Waals surface area contributed by atoms with Gasteiger partial charge in [-0.15, -0.1) is 0 Å². The van der Waals surface area contributed by atoms with Crippen molar-refractivity contribution in [2.45, 2.75) is 18.3 Å². The molecule has 0 spiro atoms. The summed E-state index contributed by atoms with van der Waals surface area (Å²) in [6, 6.07) is 14.5. The largest absolute Gasteiger partial charge is 0.452 e. The molecule has 3 atom stereocenters. The van der Waals surface area contributed by atoms with Gasteiger partial charge in [-0.1, -0.05) is 47.5 Å². The van der Waals surface area contributed by atoms with Crippen LogP contribution >= 0.6 is 23.2 Å². The molecule has 10 heteroatoms. The molecule has 0 unspecified atom stereocenters. The van der Waals surface area contributed by atoms with Gasteiger partial charge in [0, 0.05) is 16.0 Å². The first-order valence-corrected chi connectivity index (χ1v) is 9.49. The SMILES string of the molecule is N#CC1=C(N)O[C@@H]2[C@H](C(C(F)(F)F)=NN2c2ccccc2)[C@@H]1c1ccc(Cl)cc1Cl. The van der Waals surface area contributed by atoms with E-state index in [1.165, 1.54) is 18.2 Å². The average molecular weight is 453 g/mol. The Hall–Kier alpha value is -2.89. The van der Waals surface area contributed by atoms with Gasteiger partial charge in [0.15, 0.2) is 5.71 Å². The molecular weight excluding hydrogens is 440 g/mol. The van der Waals surface area contributed by atoms with Gasteiger partial charge in [0.05, 0.1) is 17.2 Å². The highest BCUT2D eigenvalue weighted by Crippen LogP contribution is 2.50. The third kappa shape index (κ3) is 3.34. The number of anilines is 1. The Morgan fingerprint density at radius 2 is 1.83 bits per heavy atom. The molecule has 2 N–H and O–H groups in total. The first-order valence-electron chi connectivity index (χ1n) is 8.73. The Labute approximate surface area is 179 Å². The third-order valence-corrected chi connectivity index (χ3v) is 5.55. The zero-order valence-corrected chi connectivity index (χ0v) is 16.6. The summed E-state index contributed by atoms with van der Waals surface area (Å²) >= 11 is 12.3. The number of para-hydroxylation sites is 1. The van der Waals surface area contributed by atoms with Crippen LogP contribution in [0.5, 0.6) is 0 Å². The fourth-order valence-corrected chi connectivity index (χ4v) is 4.28. The van der Waals surface area contributed by atoms with E-state index in [1.807, 2.05) is 6.07 Å². The first kappa shape index (κ1) is 20.4. The Bertz CT molecular complexity index is 1100. The van der Waals surface area contributed by atoms with Crippen LogP contribution in [0.25, 0.3) is 0 Å². The average Bonchev–Trinajstić information content (AvgIpc) is 3.07. The highest BCUT2D eigenvalue weighted by Gasteiger charge is 2.58. The van der Waals surface area contributed by atoms with Crippen LogP contribution in [0.2, 0.25) is 10.0 Å². The van der Waals surface area contributed by atoms with Crippen LogP contribution in [0.4, 0.5) is 18.9 Å². The minimum atomic E-state index is -4.76. The zero-order chi connectivity index (χ0) is 21.6. The Balaban J connectivity index is 1.93. The Kier molecular flexibility index (Phi) is 5.04. The number of nitrogens with zero attached hydrogens (tertiary/aromatic N) is 3. The van der Waals surface area contributed by atoms with Gasteiger partial charge in [-0.25, -0.2) is 5.01 Å². The number of hydrazone groups is 1.